The van der Waals surface area contributed by atoms with Crippen molar-refractivity contribution in [1.29, 1.82) is 0 Å². The number of benzene rings is 10. The van der Waals surface area contributed by atoms with Gasteiger partial charge < -0.3 is 4.90 Å². The van der Waals surface area contributed by atoms with Crippen molar-refractivity contribution in [2.24, 2.45) is 0 Å². The monoisotopic (exact) mass is 791 g/mol. The molecule has 1 aromatic heterocycles. The van der Waals surface area contributed by atoms with Crippen LogP contribution in [0.2, 0.25) is 0 Å². The summed E-state index contributed by atoms with van der Waals surface area (Å²) in [5.41, 5.74) is 18.5. The molecule has 13 rings (SSSR count). The van der Waals surface area contributed by atoms with Crippen molar-refractivity contribution in [1.82, 2.24) is 0 Å². The summed E-state index contributed by atoms with van der Waals surface area (Å²) < 4.78 is 2.59. The highest BCUT2D eigenvalue weighted by molar-refractivity contribution is 7.26. The van der Waals surface area contributed by atoms with Crippen LogP contribution in [0, 0.1) is 0 Å². The van der Waals surface area contributed by atoms with Gasteiger partial charge in [0.15, 0.2) is 0 Å². The minimum absolute atomic E-state index is 0.431. The van der Waals surface area contributed by atoms with Crippen LogP contribution < -0.4 is 4.90 Å². The van der Waals surface area contributed by atoms with Gasteiger partial charge in [0, 0.05) is 26.8 Å². The standard InChI is InChI=1S/C59H37NS/c1-2-13-38(14-3-1)39-25-27-40(28-26-39)41-29-32-43(33-30-41)60(55-24-12-20-50-57-45-16-5-4-15-42(45)31-36-56(57)61-58(50)55)44-34-35-49-48-19-8-11-23-53(48)59(54(49)37-44)51-21-9-6-17-46(51)47-18-7-10-22-52(47)59/h1-37H. The average Bonchev–Trinajstić information content (AvgIpc) is 3.97. The molecule has 1 nitrogen and oxygen atoms in total. The molecule has 11 aromatic rings. The predicted octanol–water partition coefficient (Wildman–Crippen LogP) is 16.4. The third-order valence-corrected chi connectivity index (χ3v) is 14.5. The van der Waals surface area contributed by atoms with Gasteiger partial charge in [0.25, 0.3) is 0 Å². The van der Waals surface area contributed by atoms with E-state index in [9.17, 15) is 0 Å². The number of fused-ring (bicyclic) bond motifs is 15. The highest BCUT2D eigenvalue weighted by Gasteiger charge is 2.51. The summed E-state index contributed by atoms with van der Waals surface area (Å²) in [6, 6.07) is 83.4. The Hall–Kier alpha value is -7.52. The topological polar surface area (TPSA) is 3.24 Å². The molecule has 0 N–H and O–H groups in total. The van der Waals surface area contributed by atoms with E-state index in [1.807, 2.05) is 11.3 Å². The van der Waals surface area contributed by atoms with Gasteiger partial charge in [-0.1, -0.05) is 188 Å². The molecule has 0 saturated heterocycles. The highest BCUT2D eigenvalue weighted by Crippen LogP contribution is 2.63. The molecule has 284 valence electrons. The lowest BCUT2D eigenvalue weighted by Gasteiger charge is -2.32. The van der Waals surface area contributed by atoms with Crippen molar-refractivity contribution in [3.8, 4) is 44.5 Å². The second-order valence-electron chi connectivity index (χ2n) is 16.4. The van der Waals surface area contributed by atoms with Crippen LogP contribution in [0.5, 0.6) is 0 Å². The fourth-order valence-electron chi connectivity index (χ4n) is 10.7. The van der Waals surface area contributed by atoms with E-state index >= 15 is 0 Å². The Morgan fingerprint density at radius 3 is 1.51 bits per heavy atom. The number of nitrogens with zero attached hydrogens (tertiary/aromatic N) is 1. The van der Waals surface area contributed by atoms with Crippen LogP contribution >= 0.6 is 11.3 Å². The Morgan fingerprint density at radius 1 is 0.344 bits per heavy atom. The van der Waals surface area contributed by atoms with Crippen LogP contribution in [0.25, 0.3) is 75.5 Å². The van der Waals surface area contributed by atoms with Gasteiger partial charge in [-0.3, -0.25) is 0 Å². The van der Waals surface area contributed by atoms with E-state index in [0.29, 0.717) is 0 Å². The molecule has 2 heteroatoms. The van der Waals surface area contributed by atoms with E-state index in [4.69, 9.17) is 0 Å². The summed E-state index contributed by atoms with van der Waals surface area (Å²) in [6.07, 6.45) is 0. The van der Waals surface area contributed by atoms with Gasteiger partial charge in [0.1, 0.15) is 0 Å². The van der Waals surface area contributed by atoms with Crippen LogP contribution in [0.15, 0.2) is 224 Å². The third kappa shape index (κ3) is 4.94. The molecule has 0 aliphatic heterocycles. The molecule has 2 aliphatic carbocycles. The third-order valence-electron chi connectivity index (χ3n) is 13.3. The van der Waals surface area contributed by atoms with E-state index in [2.05, 4.69) is 229 Å². The zero-order valence-corrected chi connectivity index (χ0v) is 34.0. The normalized spacial score (nSPS) is 13.0. The second-order valence-corrected chi connectivity index (χ2v) is 17.4. The Kier molecular flexibility index (Phi) is 7.46. The first-order chi connectivity index (χ1) is 30.3. The Balaban J connectivity index is 1.03. The summed E-state index contributed by atoms with van der Waals surface area (Å²) in [4.78, 5) is 2.51. The zero-order valence-electron chi connectivity index (χ0n) is 33.2. The molecule has 0 radical (unpaired) electrons. The van der Waals surface area contributed by atoms with E-state index in [0.717, 1.165) is 11.4 Å². The van der Waals surface area contributed by atoms with Gasteiger partial charge in [-0.15, -0.1) is 11.3 Å². The van der Waals surface area contributed by atoms with Crippen LogP contribution in [0.3, 0.4) is 0 Å². The van der Waals surface area contributed by atoms with Gasteiger partial charge in [-0.25, -0.2) is 0 Å². The van der Waals surface area contributed by atoms with Crippen molar-refractivity contribution in [2.45, 2.75) is 5.41 Å². The Labute approximate surface area is 359 Å². The fourth-order valence-corrected chi connectivity index (χ4v) is 11.9. The number of rotatable bonds is 5. The minimum Gasteiger partial charge on any atom is -0.309 e. The number of hydrogen-bond acceptors (Lipinski definition) is 2. The molecule has 0 bridgehead atoms. The lowest BCUT2D eigenvalue weighted by atomic mass is 9.70. The maximum Gasteiger partial charge on any atom is 0.0726 e. The highest BCUT2D eigenvalue weighted by atomic mass is 32.1. The SMILES string of the molecule is c1ccc(-c2ccc(-c3ccc(N(c4ccc5c(c4)C4(c6ccccc6-c6ccccc64)c4ccccc4-5)c4cccc5c4sc4ccc6ccccc6c45)cc3)cc2)cc1. The van der Waals surface area contributed by atoms with E-state index < -0.39 is 5.41 Å². The lowest BCUT2D eigenvalue weighted by Crippen LogP contribution is -2.26. The van der Waals surface area contributed by atoms with Crippen molar-refractivity contribution in [3.05, 3.63) is 247 Å². The summed E-state index contributed by atoms with van der Waals surface area (Å²) in [5, 5.41) is 5.19. The maximum absolute atomic E-state index is 2.51. The first-order valence-corrected chi connectivity index (χ1v) is 21.9. The molecule has 0 saturated carbocycles. The zero-order chi connectivity index (χ0) is 40.1. The summed E-state index contributed by atoms with van der Waals surface area (Å²) in [6.45, 7) is 0. The molecular formula is C59H37NS. The van der Waals surface area contributed by atoms with Gasteiger partial charge in [-0.2, -0.15) is 0 Å². The molecule has 1 heterocycles. The van der Waals surface area contributed by atoms with Gasteiger partial charge in [0.05, 0.1) is 15.8 Å². The number of hydrogen-bond donors (Lipinski definition) is 0. The number of anilines is 3. The molecular weight excluding hydrogens is 755 g/mol. The second kappa shape index (κ2) is 13.2. The first kappa shape index (κ1) is 34.4. The van der Waals surface area contributed by atoms with Crippen LogP contribution in [-0.4, -0.2) is 0 Å². The molecule has 0 unspecified atom stereocenters. The van der Waals surface area contributed by atoms with Crippen molar-refractivity contribution < 1.29 is 0 Å². The predicted molar refractivity (Wildman–Crippen MR) is 259 cm³/mol. The molecule has 2 aliphatic rings. The Bertz CT molecular complexity index is 3460. The fraction of sp³-hybridized carbons (Fsp3) is 0.0169. The number of thiophene rings is 1. The van der Waals surface area contributed by atoms with E-state index in [1.165, 1.54) is 103 Å². The van der Waals surface area contributed by atoms with Crippen molar-refractivity contribution in [2.75, 3.05) is 4.90 Å². The summed E-state index contributed by atoms with van der Waals surface area (Å²) >= 11 is 1.89. The molecule has 0 atom stereocenters. The molecule has 0 fully saturated rings. The largest absolute Gasteiger partial charge is 0.309 e. The minimum atomic E-state index is -0.431. The smallest absolute Gasteiger partial charge is 0.0726 e. The van der Waals surface area contributed by atoms with E-state index in [1.54, 1.807) is 0 Å². The molecule has 1 spiro atoms. The molecule has 10 aromatic carbocycles. The van der Waals surface area contributed by atoms with Crippen molar-refractivity contribution in [3.63, 3.8) is 0 Å². The van der Waals surface area contributed by atoms with Gasteiger partial charge in [-0.05, 0) is 114 Å². The maximum atomic E-state index is 2.51. The van der Waals surface area contributed by atoms with Crippen LogP contribution in [0.1, 0.15) is 22.3 Å². The van der Waals surface area contributed by atoms with Gasteiger partial charge in [0.2, 0.25) is 0 Å². The molecule has 61 heavy (non-hydrogen) atoms. The van der Waals surface area contributed by atoms with E-state index in [-0.39, 0.29) is 0 Å². The van der Waals surface area contributed by atoms with Crippen molar-refractivity contribution >= 4 is 59.3 Å². The van der Waals surface area contributed by atoms with Crippen LogP contribution in [-0.2, 0) is 5.41 Å². The summed E-state index contributed by atoms with van der Waals surface area (Å²) in [7, 11) is 0. The lowest BCUT2D eigenvalue weighted by molar-refractivity contribution is 0.793. The van der Waals surface area contributed by atoms with Gasteiger partial charge >= 0.3 is 0 Å². The van der Waals surface area contributed by atoms with Crippen LogP contribution in [0.4, 0.5) is 17.1 Å². The first-order valence-electron chi connectivity index (χ1n) is 21.1. The quantitative estimate of drug-likeness (QED) is 0.168. The average molecular weight is 792 g/mol. The summed E-state index contributed by atoms with van der Waals surface area (Å²) in [5.74, 6) is 0. The molecule has 0 amide bonds. The Morgan fingerprint density at radius 2 is 0.852 bits per heavy atom.